The van der Waals surface area contributed by atoms with E-state index >= 15 is 0 Å². The lowest BCUT2D eigenvalue weighted by Gasteiger charge is -2.30. The fourth-order valence-electron chi connectivity index (χ4n) is 1.10. The van der Waals surface area contributed by atoms with Crippen LogP contribution in [0.3, 0.4) is 0 Å². The molecule has 0 amide bonds. The van der Waals surface area contributed by atoms with Gasteiger partial charge in [-0.15, -0.1) is 0 Å². The first-order valence-electron chi connectivity index (χ1n) is 5.30. The molecule has 0 aliphatic rings. The van der Waals surface area contributed by atoms with Crippen LogP contribution >= 0.6 is 0 Å². The Morgan fingerprint density at radius 2 is 2.13 bits per heavy atom. The molecule has 1 heterocycles. The molecule has 3 N–H and O–H groups in total. The zero-order valence-corrected chi connectivity index (χ0v) is 9.91. The Morgan fingerprint density at radius 1 is 1.47 bits per heavy atom. The Morgan fingerprint density at radius 3 is 2.67 bits per heavy atom. The van der Waals surface area contributed by atoms with Gasteiger partial charge in [-0.25, -0.2) is 9.97 Å². The summed E-state index contributed by atoms with van der Waals surface area (Å²) in [7, 11) is 0. The van der Waals surface area contributed by atoms with Gasteiger partial charge in [0.1, 0.15) is 12.1 Å². The Labute approximate surface area is 91.3 Å². The number of hydrogen-bond acceptors (Lipinski definition) is 4. The Bertz CT molecular complexity index is 320. The van der Waals surface area contributed by atoms with Crippen molar-refractivity contribution in [1.29, 1.82) is 0 Å². The van der Waals surface area contributed by atoms with Gasteiger partial charge in [-0.1, -0.05) is 6.92 Å². The molecule has 0 fully saturated rings. The highest BCUT2D eigenvalue weighted by Gasteiger charge is 2.22. The average molecular weight is 208 g/mol. The molecule has 84 valence electrons. The fraction of sp³-hybridized carbons (Fsp3) is 0.636. The van der Waals surface area contributed by atoms with Gasteiger partial charge >= 0.3 is 0 Å². The molecule has 0 saturated heterocycles. The maximum Gasteiger partial charge on any atom is 0.130 e. The normalized spacial score (nSPS) is 13.7. The van der Waals surface area contributed by atoms with Crippen LogP contribution in [0.5, 0.6) is 0 Å². The van der Waals surface area contributed by atoms with Gasteiger partial charge in [0.2, 0.25) is 0 Å². The molecule has 1 aromatic rings. The average Bonchev–Trinajstić information content (AvgIpc) is 2.17. The van der Waals surface area contributed by atoms with E-state index < -0.39 is 0 Å². The number of rotatable bonds is 4. The van der Waals surface area contributed by atoms with E-state index in [0.29, 0.717) is 0 Å². The summed E-state index contributed by atoms with van der Waals surface area (Å²) in [5.41, 5.74) is 6.75. The van der Waals surface area contributed by atoms with E-state index in [9.17, 15) is 0 Å². The summed E-state index contributed by atoms with van der Waals surface area (Å²) in [6.45, 7) is 8.18. The van der Waals surface area contributed by atoms with Crippen LogP contribution in [0, 0.1) is 0 Å². The molecule has 4 nitrogen and oxygen atoms in total. The number of hydrogen-bond donors (Lipinski definition) is 2. The van der Waals surface area contributed by atoms with Gasteiger partial charge in [0.25, 0.3) is 0 Å². The first kappa shape index (κ1) is 11.9. The van der Waals surface area contributed by atoms with E-state index in [-0.39, 0.29) is 11.6 Å². The second-order valence-corrected chi connectivity index (χ2v) is 4.38. The first-order chi connectivity index (χ1) is 6.95. The maximum absolute atomic E-state index is 5.88. The summed E-state index contributed by atoms with van der Waals surface area (Å²) in [5, 5.41) is 3.32. The lowest BCUT2D eigenvalue weighted by Crippen LogP contribution is -2.47. The summed E-state index contributed by atoms with van der Waals surface area (Å²) >= 11 is 0. The van der Waals surface area contributed by atoms with Crippen LogP contribution in [0.4, 0.5) is 5.82 Å². The van der Waals surface area contributed by atoms with Crippen LogP contribution in [-0.2, 0) is 6.42 Å². The van der Waals surface area contributed by atoms with Crippen molar-refractivity contribution < 1.29 is 0 Å². The second kappa shape index (κ2) is 4.57. The van der Waals surface area contributed by atoms with Crippen molar-refractivity contribution in [2.75, 3.05) is 5.32 Å². The number of anilines is 1. The second-order valence-electron chi connectivity index (χ2n) is 4.38. The van der Waals surface area contributed by atoms with Crippen LogP contribution < -0.4 is 11.1 Å². The molecule has 0 aromatic carbocycles. The molecule has 0 spiro atoms. The highest BCUT2D eigenvalue weighted by Crippen LogP contribution is 2.15. The SMILES string of the molecule is CCc1cc(NC(C)(C)C(C)N)ncn1. The minimum atomic E-state index is -0.167. The van der Waals surface area contributed by atoms with Gasteiger partial charge in [-0.05, 0) is 27.2 Å². The van der Waals surface area contributed by atoms with Crippen molar-refractivity contribution in [3.8, 4) is 0 Å². The summed E-state index contributed by atoms with van der Waals surface area (Å²) in [6, 6.07) is 2.02. The zero-order chi connectivity index (χ0) is 11.5. The van der Waals surface area contributed by atoms with E-state index in [2.05, 4.69) is 36.1 Å². The molecule has 0 aliphatic carbocycles. The Balaban J connectivity index is 2.80. The van der Waals surface area contributed by atoms with Gasteiger partial charge in [-0.3, -0.25) is 0 Å². The lowest BCUT2D eigenvalue weighted by molar-refractivity contribution is 0.469. The standard InChI is InChI=1S/C11H20N4/c1-5-9-6-10(14-7-13-9)15-11(3,4)8(2)12/h6-8H,5,12H2,1-4H3,(H,13,14,15). The summed E-state index contributed by atoms with van der Waals surface area (Å²) in [4.78, 5) is 8.33. The van der Waals surface area contributed by atoms with Crippen molar-refractivity contribution in [1.82, 2.24) is 9.97 Å². The van der Waals surface area contributed by atoms with E-state index in [1.54, 1.807) is 6.33 Å². The molecule has 0 aliphatic heterocycles. The molecule has 1 aromatic heterocycles. The lowest BCUT2D eigenvalue weighted by atomic mass is 9.97. The zero-order valence-electron chi connectivity index (χ0n) is 9.91. The first-order valence-corrected chi connectivity index (χ1v) is 5.30. The molecule has 4 heteroatoms. The molecule has 1 unspecified atom stereocenters. The predicted octanol–water partition coefficient (Wildman–Crippen LogP) is 1.58. The van der Waals surface area contributed by atoms with E-state index in [1.807, 2.05) is 13.0 Å². The molecule has 0 bridgehead atoms. The van der Waals surface area contributed by atoms with Gasteiger partial charge in [-0.2, -0.15) is 0 Å². The molecule has 1 rings (SSSR count). The molecular weight excluding hydrogens is 188 g/mol. The van der Waals surface area contributed by atoms with Crippen LogP contribution in [0.15, 0.2) is 12.4 Å². The summed E-state index contributed by atoms with van der Waals surface area (Å²) in [6.07, 6.45) is 2.49. The summed E-state index contributed by atoms with van der Waals surface area (Å²) in [5.74, 6) is 0.837. The van der Waals surface area contributed by atoms with E-state index in [0.717, 1.165) is 17.9 Å². The molecule has 1 atom stereocenters. The highest BCUT2D eigenvalue weighted by molar-refractivity contribution is 5.38. The van der Waals surface area contributed by atoms with Gasteiger partial charge in [0.05, 0.1) is 0 Å². The third-order valence-corrected chi connectivity index (χ3v) is 2.67. The van der Waals surface area contributed by atoms with E-state index in [4.69, 9.17) is 5.73 Å². The minimum Gasteiger partial charge on any atom is -0.364 e. The Kier molecular flexibility index (Phi) is 3.63. The minimum absolute atomic E-state index is 0.0533. The van der Waals surface area contributed by atoms with Gasteiger partial charge < -0.3 is 11.1 Å². The quantitative estimate of drug-likeness (QED) is 0.788. The van der Waals surface area contributed by atoms with Crippen LogP contribution in [0.1, 0.15) is 33.4 Å². The number of nitrogens with two attached hydrogens (primary N) is 1. The third kappa shape index (κ3) is 3.16. The molecule has 0 radical (unpaired) electrons. The maximum atomic E-state index is 5.88. The van der Waals surface area contributed by atoms with Crippen LogP contribution in [-0.4, -0.2) is 21.5 Å². The summed E-state index contributed by atoms with van der Waals surface area (Å²) < 4.78 is 0. The van der Waals surface area contributed by atoms with Crippen molar-refractivity contribution >= 4 is 5.82 Å². The monoisotopic (exact) mass is 208 g/mol. The highest BCUT2D eigenvalue weighted by atomic mass is 15.1. The smallest absolute Gasteiger partial charge is 0.130 e. The van der Waals surface area contributed by atoms with Crippen molar-refractivity contribution in [3.05, 3.63) is 18.1 Å². The predicted molar refractivity (Wildman–Crippen MR) is 62.8 cm³/mol. The largest absolute Gasteiger partial charge is 0.364 e. The number of nitrogens with zero attached hydrogens (tertiary/aromatic N) is 2. The Hall–Kier alpha value is -1.16. The molecule has 15 heavy (non-hydrogen) atoms. The number of aryl methyl sites for hydroxylation is 1. The van der Waals surface area contributed by atoms with Gasteiger partial charge in [0.15, 0.2) is 0 Å². The van der Waals surface area contributed by atoms with Crippen LogP contribution in [0.2, 0.25) is 0 Å². The molecule has 0 saturated carbocycles. The van der Waals surface area contributed by atoms with Gasteiger partial charge in [0, 0.05) is 23.3 Å². The fourth-order valence-corrected chi connectivity index (χ4v) is 1.10. The van der Waals surface area contributed by atoms with Crippen molar-refractivity contribution in [2.24, 2.45) is 5.73 Å². The number of nitrogens with one attached hydrogen (secondary N) is 1. The van der Waals surface area contributed by atoms with Crippen molar-refractivity contribution in [2.45, 2.75) is 45.7 Å². The van der Waals surface area contributed by atoms with Crippen LogP contribution in [0.25, 0.3) is 0 Å². The topological polar surface area (TPSA) is 63.8 Å². The molecular formula is C11H20N4. The van der Waals surface area contributed by atoms with Crippen molar-refractivity contribution in [3.63, 3.8) is 0 Å². The third-order valence-electron chi connectivity index (χ3n) is 2.67. The number of aromatic nitrogens is 2. The van der Waals surface area contributed by atoms with E-state index in [1.165, 1.54) is 0 Å².